The van der Waals surface area contributed by atoms with E-state index < -0.39 is 0 Å². The molecule has 2 heteroatoms. The Morgan fingerprint density at radius 2 is 1.33 bits per heavy atom. The molecule has 0 aromatic heterocycles. The van der Waals surface area contributed by atoms with Crippen molar-refractivity contribution < 1.29 is 9.47 Å². The Balaban J connectivity index is 2.46. The molecule has 1 rings (SSSR count). The highest BCUT2D eigenvalue weighted by atomic mass is 16.5. The molecule has 0 amide bonds. The summed E-state index contributed by atoms with van der Waals surface area (Å²) in [6.45, 7) is 4.84. The van der Waals surface area contributed by atoms with Crippen LogP contribution in [0.15, 0.2) is 24.3 Å². The number of hydrogen-bond acceptors (Lipinski definition) is 2. The van der Waals surface area contributed by atoms with Crippen LogP contribution in [0.5, 0.6) is 11.5 Å². The molecule has 0 saturated carbocycles. The third kappa shape index (κ3) is 5.87. The lowest BCUT2D eigenvalue weighted by Crippen LogP contribution is -1.96. The van der Waals surface area contributed by atoms with Gasteiger partial charge >= 0.3 is 0 Å². The molecule has 0 spiro atoms. The highest BCUT2D eigenvalue weighted by Gasteiger charge is 1.96. The summed E-state index contributed by atoms with van der Waals surface area (Å²) in [6.07, 6.45) is 1.70. The van der Waals surface area contributed by atoms with Crippen LogP contribution in [0.25, 0.3) is 0 Å². The van der Waals surface area contributed by atoms with Crippen molar-refractivity contribution in [2.24, 2.45) is 0 Å². The highest BCUT2D eigenvalue weighted by Crippen LogP contribution is 2.19. The molecule has 1 aromatic rings. The van der Waals surface area contributed by atoms with Gasteiger partial charge in [0, 0.05) is 18.9 Å². The van der Waals surface area contributed by atoms with Gasteiger partial charge in [-0.05, 0) is 12.1 Å². The predicted octanol–water partition coefficient (Wildman–Crippen LogP) is 3.27. The maximum atomic E-state index is 5.49. The molecule has 94 valence electrons. The monoisotopic (exact) mass is 242 g/mol. The molecule has 0 saturated heterocycles. The molecule has 0 atom stereocenters. The van der Waals surface area contributed by atoms with Crippen molar-refractivity contribution in [3.8, 4) is 35.2 Å². The molecule has 18 heavy (non-hydrogen) atoms. The van der Waals surface area contributed by atoms with Gasteiger partial charge < -0.3 is 9.47 Å². The lowest BCUT2D eigenvalue weighted by molar-refractivity contribution is 0.351. The van der Waals surface area contributed by atoms with Crippen LogP contribution in [0, 0.1) is 23.7 Å². The molecule has 2 nitrogen and oxygen atoms in total. The molecule has 0 aliphatic heterocycles. The van der Waals surface area contributed by atoms with E-state index in [-0.39, 0.29) is 0 Å². The summed E-state index contributed by atoms with van der Waals surface area (Å²) in [5.74, 6) is 13.3. The van der Waals surface area contributed by atoms with Crippen LogP contribution in [-0.2, 0) is 0 Å². The first-order valence-electron chi connectivity index (χ1n) is 6.14. The van der Waals surface area contributed by atoms with Crippen molar-refractivity contribution in [1.82, 2.24) is 0 Å². The number of benzene rings is 1. The molecule has 1 aromatic carbocycles. The van der Waals surface area contributed by atoms with Gasteiger partial charge in [-0.1, -0.05) is 31.8 Å². The zero-order valence-corrected chi connectivity index (χ0v) is 11.0. The summed E-state index contributed by atoms with van der Waals surface area (Å²) in [7, 11) is 0. The van der Waals surface area contributed by atoms with Crippen molar-refractivity contribution in [2.45, 2.75) is 26.7 Å². The quantitative estimate of drug-likeness (QED) is 0.754. The first-order chi connectivity index (χ1) is 8.86. The smallest absolute Gasteiger partial charge is 0.149 e. The second kappa shape index (κ2) is 9.02. The van der Waals surface area contributed by atoms with Crippen LogP contribution in [0.3, 0.4) is 0 Å². The van der Waals surface area contributed by atoms with Gasteiger partial charge in [0.25, 0.3) is 0 Å². The topological polar surface area (TPSA) is 18.5 Å². The molecule has 0 radical (unpaired) electrons. The summed E-state index contributed by atoms with van der Waals surface area (Å²) in [5, 5.41) is 0. The van der Waals surface area contributed by atoms with E-state index in [0.717, 1.165) is 24.3 Å². The molecule has 0 bridgehead atoms. The summed E-state index contributed by atoms with van der Waals surface area (Å²) in [6, 6.07) is 7.52. The second-order valence-corrected chi connectivity index (χ2v) is 3.47. The Morgan fingerprint density at radius 3 is 1.78 bits per heavy atom. The lowest BCUT2D eigenvalue weighted by Gasteiger charge is -2.05. The molecule has 0 unspecified atom stereocenters. The van der Waals surface area contributed by atoms with Gasteiger partial charge in [0.05, 0.1) is 0 Å². The van der Waals surface area contributed by atoms with E-state index in [1.54, 1.807) is 0 Å². The van der Waals surface area contributed by atoms with E-state index in [9.17, 15) is 0 Å². The molecule has 0 aliphatic rings. The third-order valence-corrected chi connectivity index (χ3v) is 2.03. The summed E-state index contributed by atoms with van der Waals surface area (Å²) in [4.78, 5) is 0. The summed E-state index contributed by atoms with van der Waals surface area (Å²) < 4.78 is 11.0. The zero-order valence-electron chi connectivity index (χ0n) is 11.0. The van der Waals surface area contributed by atoms with Crippen molar-refractivity contribution >= 4 is 0 Å². The predicted molar refractivity (Wildman–Crippen MR) is 73.6 cm³/mol. The van der Waals surface area contributed by atoms with Gasteiger partial charge in [0.2, 0.25) is 0 Å². The molecule has 0 aliphatic carbocycles. The van der Waals surface area contributed by atoms with Crippen LogP contribution < -0.4 is 9.47 Å². The van der Waals surface area contributed by atoms with Gasteiger partial charge in [0.1, 0.15) is 24.7 Å². The minimum absolute atomic E-state index is 0.410. The van der Waals surface area contributed by atoms with E-state index in [1.807, 2.05) is 38.1 Å². The Bertz CT molecular complexity index is 428. The maximum absolute atomic E-state index is 5.49. The molecule has 0 fully saturated rings. The Kier molecular flexibility index (Phi) is 7.02. The normalized spacial score (nSPS) is 8.56. The standard InChI is InChI=1S/C16H18O2/c1-3-5-7-12-17-15-10-9-11-16(14-15)18-13-8-6-4-2/h9-11,14H,3-4,12-13H2,1-2H3. The zero-order chi connectivity index (χ0) is 13.1. The fourth-order valence-electron chi connectivity index (χ4n) is 1.24. The van der Waals surface area contributed by atoms with Gasteiger partial charge in [-0.25, -0.2) is 0 Å². The highest BCUT2D eigenvalue weighted by molar-refractivity contribution is 5.33. The minimum Gasteiger partial charge on any atom is -0.481 e. The average molecular weight is 242 g/mol. The number of ether oxygens (including phenoxy) is 2. The van der Waals surface area contributed by atoms with Crippen molar-refractivity contribution in [2.75, 3.05) is 13.2 Å². The largest absolute Gasteiger partial charge is 0.481 e. The van der Waals surface area contributed by atoms with Crippen molar-refractivity contribution in [1.29, 1.82) is 0 Å². The van der Waals surface area contributed by atoms with E-state index in [0.29, 0.717) is 13.2 Å². The Labute approximate surface area is 109 Å². The first kappa shape index (κ1) is 14.0. The van der Waals surface area contributed by atoms with Crippen LogP contribution in [0.1, 0.15) is 26.7 Å². The van der Waals surface area contributed by atoms with Gasteiger partial charge in [-0.15, -0.1) is 11.8 Å². The first-order valence-corrected chi connectivity index (χ1v) is 6.14. The van der Waals surface area contributed by atoms with Crippen LogP contribution in [0.4, 0.5) is 0 Å². The van der Waals surface area contributed by atoms with E-state index in [2.05, 4.69) is 23.7 Å². The SMILES string of the molecule is CCC#CCOc1cccc(OCC#CCC)c1. The van der Waals surface area contributed by atoms with E-state index >= 15 is 0 Å². The van der Waals surface area contributed by atoms with Gasteiger partial charge in [-0.2, -0.15) is 0 Å². The van der Waals surface area contributed by atoms with E-state index in [4.69, 9.17) is 9.47 Å². The van der Waals surface area contributed by atoms with Crippen LogP contribution >= 0.6 is 0 Å². The number of rotatable bonds is 4. The summed E-state index contributed by atoms with van der Waals surface area (Å²) >= 11 is 0. The third-order valence-electron chi connectivity index (χ3n) is 2.03. The molecule has 0 heterocycles. The Hall–Kier alpha value is -2.06. The minimum atomic E-state index is 0.410. The van der Waals surface area contributed by atoms with Crippen molar-refractivity contribution in [3.05, 3.63) is 24.3 Å². The van der Waals surface area contributed by atoms with Crippen molar-refractivity contribution in [3.63, 3.8) is 0 Å². The van der Waals surface area contributed by atoms with Gasteiger partial charge in [-0.3, -0.25) is 0 Å². The molecule has 0 N–H and O–H groups in total. The van der Waals surface area contributed by atoms with E-state index in [1.165, 1.54) is 0 Å². The molecular formula is C16H18O2. The molecular weight excluding hydrogens is 224 g/mol. The average Bonchev–Trinajstić information content (AvgIpc) is 2.40. The van der Waals surface area contributed by atoms with Gasteiger partial charge in [0.15, 0.2) is 0 Å². The maximum Gasteiger partial charge on any atom is 0.149 e. The summed E-state index contributed by atoms with van der Waals surface area (Å²) in [5.41, 5.74) is 0. The van der Waals surface area contributed by atoms with Crippen LogP contribution in [-0.4, -0.2) is 13.2 Å². The van der Waals surface area contributed by atoms with Crippen LogP contribution in [0.2, 0.25) is 0 Å². The fraction of sp³-hybridized carbons (Fsp3) is 0.375. The second-order valence-electron chi connectivity index (χ2n) is 3.47. The Morgan fingerprint density at radius 1 is 0.833 bits per heavy atom. The lowest BCUT2D eigenvalue weighted by atomic mass is 10.3. The fourth-order valence-corrected chi connectivity index (χ4v) is 1.24. The number of hydrogen-bond donors (Lipinski definition) is 0.